The highest BCUT2D eigenvalue weighted by Gasteiger charge is 2.37. The lowest BCUT2D eigenvalue weighted by Gasteiger charge is -2.34. The summed E-state index contributed by atoms with van der Waals surface area (Å²) >= 11 is 0. The van der Waals surface area contributed by atoms with Gasteiger partial charge in [-0.05, 0) is 66.7 Å². The average molecular weight is 466 g/mol. The molecule has 0 aliphatic carbocycles. The molecule has 34 heavy (non-hydrogen) atoms. The Balaban J connectivity index is 1.51. The Bertz CT molecular complexity index is 1210. The Labute approximate surface area is 196 Å². The predicted molar refractivity (Wildman–Crippen MR) is 120 cm³/mol. The molecule has 2 aliphatic rings. The molecular weight excluding hydrogens is 440 g/mol. The molecule has 3 aromatic rings. The van der Waals surface area contributed by atoms with Crippen molar-refractivity contribution in [3.8, 4) is 22.9 Å². The third-order valence-electron chi connectivity index (χ3n) is 6.07. The summed E-state index contributed by atoms with van der Waals surface area (Å²) in [5.41, 5.74) is 3.25. The fourth-order valence-electron chi connectivity index (χ4n) is 4.40. The minimum absolute atomic E-state index is 0.157. The van der Waals surface area contributed by atoms with Crippen LogP contribution in [0.1, 0.15) is 40.3 Å². The second kappa shape index (κ2) is 8.92. The number of fused-ring (bicyclic) bond motifs is 2. The van der Waals surface area contributed by atoms with Crippen LogP contribution in [0.15, 0.2) is 30.3 Å². The van der Waals surface area contributed by atoms with E-state index < -0.39 is 6.10 Å². The summed E-state index contributed by atoms with van der Waals surface area (Å²) in [5, 5.41) is 24.6. The number of tetrazole rings is 1. The van der Waals surface area contributed by atoms with Gasteiger partial charge in [0.1, 0.15) is 6.04 Å². The Kier molecular flexibility index (Phi) is 5.80. The van der Waals surface area contributed by atoms with E-state index in [-0.39, 0.29) is 25.3 Å². The van der Waals surface area contributed by atoms with Crippen LogP contribution in [0.5, 0.6) is 17.2 Å². The number of benzene rings is 2. The molecule has 2 N–H and O–H groups in total. The maximum atomic E-state index is 12.3. The van der Waals surface area contributed by atoms with Crippen LogP contribution in [0.2, 0.25) is 0 Å². The lowest BCUT2D eigenvalue weighted by molar-refractivity contribution is 0.0924. The third-order valence-corrected chi connectivity index (χ3v) is 6.07. The van der Waals surface area contributed by atoms with Crippen molar-refractivity contribution in [2.75, 3.05) is 34.0 Å². The van der Waals surface area contributed by atoms with E-state index in [1.54, 1.807) is 43.0 Å². The predicted octanol–water partition coefficient (Wildman–Crippen LogP) is 1.09. The van der Waals surface area contributed by atoms with Crippen molar-refractivity contribution in [1.29, 1.82) is 0 Å². The number of hydrogen-bond acceptors (Lipinski definition) is 9. The molecule has 3 heterocycles. The SMILES string of the molecule is COc1c2c(cc3c1[C@H](c1nnnn1-c1ccc(C(=O)NC[C@@H](C)O)cc1)N(C)CC3)OCO2. The number of nitrogens with one attached hydrogen (secondary N) is 1. The number of aliphatic hydroxyl groups excluding tert-OH is 1. The molecule has 2 aliphatic heterocycles. The van der Waals surface area contributed by atoms with Crippen LogP contribution in [0, 0.1) is 0 Å². The van der Waals surface area contributed by atoms with Crippen molar-refractivity contribution >= 4 is 5.91 Å². The first kappa shape index (κ1) is 22.1. The molecule has 1 amide bonds. The number of aliphatic hydroxyl groups is 1. The lowest BCUT2D eigenvalue weighted by atomic mass is 9.90. The van der Waals surface area contributed by atoms with Gasteiger partial charge in [0.05, 0.1) is 18.9 Å². The normalized spacial score (nSPS) is 17.8. The summed E-state index contributed by atoms with van der Waals surface area (Å²) < 4.78 is 18.8. The van der Waals surface area contributed by atoms with Gasteiger partial charge in [-0.3, -0.25) is 9.69 Å². The van der Waals surface area contributed by atoms with E-state index >= 15 is 0 Å². The summed E-state index contributed by atoms with van der Waals surface area (Å²) in [6.07, 6.45) is 0.213. The molecule has 0 radical (unpaired) electrons. The molecule has 0 saturated heterocycles. The van der Waals surface area contributed by atoms with E-state index in [1.807, 2.05) is 13.1 Å². The highest BCUT2D eigenvalue weighted by molar-refractivity contribution is 5.94. The maximum Gasteiger partial charge on any atom is 0.251 e. The highest BCUT2D eigenvalue weighted by atomic mass is 16.7. The Morgan fingerprint density at radius 1 is 1.32 bits per heavy atom. The number of nitrogens with zero attached hydrogens (tertiary/aromatic N) is 5. The second-order valence-corrected chi connectivity index (χ2v) is 8.40. The van der Waals surface area contributed by atoms with E-state index in [1.165, 1.54) is 0 Å². The van der Waals surface area contributed by atoms with Crippen molar-refractivity contribution in [2.24, 2.45) is 0 Å². The lowest BCUT2D eigenvalue weighted by Crippen LogP contribution is -2.35. The van der Waals surface area contributed by atoms with Crippen LogP contribution >= 0.6 is 0 Å². The van der Waals surface area contributed by atoms with E-state index in [9.17, 15) is 9.90 Å². The second-order valence-electron chi connectivity index (χ2n) is 8.40. The third kappa shape index (κ3) is 3.82. The summed E-state index contributed by atoms with van der Waals surface area (Å²) in [7, 11) is 3.64. The Morgan fingerprint density at radius 3 is 2.85 bits per heavy atom. The number of methoxy groups -OCH3 is 1. The first-order valence-electron chi connectivity index (χ1n) is 11.0. The van der Waals surface area contributed by atoms with E-state index in [0.29, 0.717) is 34.3 Å². The average Bonchev–Trinajstić information content (AvgIpc) is 3.51. The van der Waals surface area contributed by atoms with Gasteiger partial charge < -0.3 is 24.6 Å². The number of aromatic nitrogens is 4. The van der Waals surface area contributed by atoms with Gasteiger partial charge in [0.15, 0.2) is 17.3 Å². The van der Waals surface area contributed by atoms with Gasteiger partial charge in [-0.2, -0.15) is 4.68 Å². The number of amides is 1. The Hall–Kier alpha value is -3.70. The minimum atomic E-state index is -0.613. The molecule has 11 heteroatoms. The zero-order chi connectivity index (χ0) is 23.8. The molecule has 178 valence electrons. The fourth-order valence-corrected chi connectivity index (χ4v) is 4.40. The van der Waals surface area contributed by atoms with Crippen molar-refractivity contribution in [2.45, 2.75) is 25.5 Å². The van der Waals surface area contributed by atoms with Crippen molar-refractivity contribution < 1.29 is 24.1 Å². The van der Waals surface area contributed by atoms with Gasteiger partial charge in [0.25, 0.3) is 5.91 Å². The topological polar surface area (TPSA) is 124 Å². The molecule has 0 spiro atoms. The van der Waals surface area contributed by atoms with Gasteiger partial charge >= 0.3 is 0 Å². The standard InChI is InChI=1S/C23H26N6O5/c1-13(30)11-24-23(31)14-4-6-16(7-5-14)29-22(25-26-27-29)19-18-15(8-9-28(19)2)10-17-20(21(18)32-3)34-12-33-17/h4-7,10,13,19,30H,8-9,11-12H2,1-3H3,(H,24,31)/t13-,19-/m1/s1. The molecule has 5 rings (SSSR count). The molecule has 0 fully saturated rings. The first-order valence-corrected chi connectivity index (χ1v) is 11.0. The van der Waals surface area contributed by atoms with Gasteiger partial charge in [-0.25, -0.2) is 0 Å². The van der Waals surface area contributed by atoms with Crippen molar-refractivity contribution in [1.82, 2.24) is 30.4 Å². The van der Waals surface area contributed by atoms with E-state index in [0.717, 1.165) is 24.1 Å². The Morgan fingerprint density at radius 2 is 2.12 bits per heavy atom. The van der Waals surface area contributed by atoms with Crippen LogP contribution in [0.25, 0.3) is 5.69 Å². The first-order chi connectivity index (χ1) is 16.5. The summed E-state index contributed by atoms with van der Waals surface area (Å²) in [5.74, 6) is 2.26. The van der Waals surface area contributed by atoms with Gasteiger partial charge in [0, 0.05) is 24.2 Å². The van der Waals surface area contributed by atoms with Crippen LogP contribution in [0.3, 0.4) is 0 Å². The molecule has 2 aromatic carbocycles. The van der Waals surface area contributed by atoms with Crippen molar-refractivity contribution in [3.05, 3.63) is 52.8 Å². The number of carbonyl (C=O) groups is 1. The molecule has 11 nitrogen and oxygen atoms in total. The monoisotopic (exact) mass is 466 g/mol. The highest BCUT2D eigenvalue weighted by Crippen LogP contribution is 2.50. The number of carbonyl (C=O) groups excluding carboxylic acids is 1. The van der Waals surface area contributed by atoms with Gasteiger partial charge in [-0.15, -0.1) is 5.10 Å². The molecule has 1 aromatic heterocycles. The zero-order valence-corrected chi connectivity index (χ0v) is 19.2. The maximum absolute atomic E-state index is 12.3. The number of rotatable bonds is 6. The molecule has 0 bridgehead atoms. The summed E-state index contributed by atoms with van der Waals surface area (Å²) in [6.45, 7) is 2.76. The van der Waals surface area contributed by atoms with Gasteiger partial charge in [0.2, 0.25) is 12.5 Å². The van der Waals surface area contributed by atoms with E-state index in [2.05, 4.69) is 25.7 Å². The van der Waals surface area contributed by atoms with E-state index in [4.69, 9.17) is 14.2 Å². The van der Waals surface area contributed by atoms with Crippen LogP contribution < -0.4 is 19.5 Å². The minimum Gasteiger partial charge on any atom is -0.492 e. The smallest absolute Gasteiger partial charge is 0.251 e. The van der Waals surface area contributed by atoms with Gasteiger partial charge in [-0.1, -0.05) is 0 Å². The number of hydrogen-bond donors (Lipinski definition) is 2. The molecule has 0 saturated carbocycles. The molecule has 2 atom stereocenters. The van der Waals surface area contributed by atoms with Crippen LogP contribution in [-0.2, 0) is 6.42 Å². The zero-order valence-electron chi connectivity index (χ0n) is 19.2. The summed E-state index contributed by atoms with van der Waals surface area (Å²) in [6, 6.07) is 8.71. The largest absolute Gasteiger partial charge is 0.492 e. The van der Waals surface area contributed by atoms with Crippen molar-refractivity contribution in [3.63, 3.8) is 0 Å². The number of ether oxygens (including phenoxy) is 3. The molecule has 0 unspecified atom stereocenters. The van der Waals surface area contributed by atoms with Crippen LogP contribution in [-0.4, -0.2) is 76.3 Å². The summed E-state index contributed by atoms with van der Waals surface area (Å²) in [4.78, 5) is 14.5. The molecular formula is C23H26N6O5. The van der Waals surface area contributed by atoms with Crippen LogP contribution in [0.4, 0.5) is 0 Å². The fraction of sp³-hybridized carbons (Fsp3) is 0.391. The quantitative estimate of drug-likeness (QED) is 0.549. The number of likely N-dealkylation sites (N-methyl/N-ethyl adjacent to an activating group) is 1.